The van der Waals surface area contributed by atoms with E-state index >= 15 is 0 Å². The van der Waals surface area contributed by atoms with Crippen LogP contribution in [0, 0.1) is 0 Å². The molecule has 2 aliphatic heterocycles. The van der Waals surface area contributed by atoms with Gasteiger partial charge < -0.3 is 10.2 Å². The molecule has 2 saturated heterocycles. The molecule has 2 fully saturated rings. The number of hydrogen-bond donors (Lipinski definition) is 1. The summed E-state index contributed by atoms with van der Waals surface area (Å²) in [6.45, 7) is 1.24. The first-order valence-corrected chi connectivity index (χ1v) is 10.7. The number of thiophene rings is 1. The Bertz CT molecular complexity index is 808. The quantitative estimate of drug-likeness (QED) is 0.836. The molecule has 25 heavy (non-hydrogen) atoms. The van der Waals surface area contributed by atoms with Crippen LogP contribution < -0.4 is 5.32 Å². The topological polar surface area (TPSA) is 62.3 Å². The van der Waals surface area contributed by atoms with Crippen LogP contribution in [-0.2, 0) is 10.8 Å². The molecule has 2 aromatic heterocycles. The number of hydrogen-bond acceptors (Lipinski definition) is 4. The summed E-state index contributed by atoms with van der Waals surface area (Å²) in [5, 5.41) is 3.29. The molecule has 1 N–H and O–H groups in total. The van der Waals surface area contributed by atoms with Crippen molar-refractivity contribution in [2.45, 2.75) is 29.8 Å². The first kappa shape index (κ1) is 17.0. The Labute approximate surface area is 157 Å². The van der Waals surface area contributed by atoms with E-state index in [0.717, 1.165) is 34.2 Å². The van der Waals surface area contributed by atoms with Crippen LogP contribution in [0.2, 0.25) is 4.34 Å². The van der Waals surface area contributed by atoms with Crippen LogP contribution in [-0.4, -0.2) is 43.7 Å². The summed E-state index contributed by atoms with van der Waals surface area (Å²) in [4.78, 5) is 19.7. The van der Waals surface area contributed by atoms with Crippen molar-refractivity contribution in [2.75, 3.05) is 18.4 Å². The molecule has 2 bridgehead atoms. The molecule has 0 aromatic carbocycles. The van der Waals surface area contributed by atoms with Gasteiger partial charge in [0, 0.05) is 29.1 Å². The van der Waals surface area contributed by atoms with Crippen molar-refractivity contribution >= 4 is 45.5 Å². The summed E-state index contributed by atoms with van der Waals surface area (Å²) in [5.41, 5.74) is 1.49. The number of anilines is 1. The Morgan fingerprint density at radius 1 is 1.24 bits per heavy atom. The second-order valence-electron chi connectivity index (χ2n) is 6.35. The van der Waals surface area contributed by atoms with Crippen LogP contribution in [0.1, 0.15) is 19.3 Å². The molecule has 2 aromatic rings. The Balaban J connectivity index is 1.41. The fourth-order valence-corrected chi connectivity index (χ4v) is 6.36. The van der Waals surface area contributed by atoms with E-state index in [0.29, 0.717) is 18.8 Å². The van der Waals surface area contributed by atoms with Crippen molar-refractivity contribution in [3.8, 4) is 10.6 Å². The van der Waals surface area contributed by atoms with Gasteiger partial charge in [-0.25, -0.2) is 4.79 Å². The minimum atomic E-state index is -0.786. The molecule has 5 nitrogen and oxygen atoms in total. The predicted molar refractivity (Wildman–Crippen MR) is 103 cm³/mol. The van der Waals surface area contributed by atoms with Crippen LogP contribution in [0.25, 0.3) is 10.6 Å². The van der Waals surface area contributed by atoms with E-state index in [9.17, 15) is 9.00 Å². The van der Waals surface area contributed by atoms with Gasteiger partial charge in [0.05, 0.1) is 32.0 Å². The third kappa shape index (κ3) is 3.59. The van der Waals surface area contributed by atoms with Gasteiger partial charge in [-0.05, 0) is 43.5 Å². The van der Waals surface area contributed by atoms with E-state index in [2.05, 4.69) is 10.3 Å². The SMILES string of the molecule is O=C(Nc1ccc(-c2ccc(Cl)s2)nc1)N1CCC2CCC(C1)S2=O. The molecule has 4 heterocycles. The lowest BCUT2D eigenvalue weighted by Gasteiger charge is -2.24. The molecule has 2 amide bonds. The molecule has 4 rings (SSSR count). The number of pyridine rings is 1. The molecule has 0 spiro atoms. The van der Waals surface area contributed by atoms with Gasteiger partial charge in [-0.15, -0.1) is 11.3 Å². The number of fused-ring (bicyclic) bond motifs is 2. The lowest BCUT2D eigenvalue weighted by Crippen LogP contribution is -2.40. The highest BCUT2D eigenvalue weighted by molar-refractivity contribution is 7.86. The van der Waals surface area contributed by atoms with E-state index in [1.807, 2.05) is 24.3 Å². The fourth-order valence-electron chi connectivity index (χ4n) is 3.39. The van der Waals surface area contributed by atoms with Crippen LogP contribution in [0.5, 0.6) is 0 Å². The van der Waals surface area contributed by atoms with Crippen LogP contribution in [0.3, 0.4) is 0 Å². The first-order valence-electron chi connectivity index (χ1n) is 8.27. The fraction of sp³-hybridized carbons (Fsp3) is 0.412. The van der Waals surface area contributed by atoms with Gasteiger partial charge in [0.1, 0.15) is 0 Å². The molecule has 0 aliphatic carbocycles. The van der Waals surface area contributed by atoms with Crippen molar-refractivity contribution in [1.82, 2.24) is 9.88 Å². The number of urea groups is 1. The molecule has 3 atom stereocenters. The smallest absolute Gasteiger partial charge is 0.321 e. The maximum atomic E-state index is 12.5. The van der Waals surface area contributed by atoms with Gasteiger partial charge in [0.25, 0.3) is 0 Å². The molecule has 0 radical (unpaired) electrons. The predicted octanol–water partition coefficient (Wildman–Crippen LogP) is 3.98. The molecule has 0 saturated carbocycles. The number of carbonyl (C=O) groups is 1. The number of rotatable bonds is 2. The largest absolute Gasteiger partial charge is 0.323 e. The average Bonchev–Trinajstić information content (AvgIpc) is 3.11. The maximum Gasteiger partial charge on any atom is 0.321 e. The van der Waals surface area contributed by atoms with Crippen LogP contribution >= 0.6 is 22.9 Å². The second-order valence-corrected chi connectivity index (χ2v) is 10.1. The lowest BCUT2D eigenvalue weighted by molar-refractivity contribution is 0.209. The summed E-state index contributed by atoms with van der Waals surface area (Å²) in [6.07, 6.45) is 4.47. The molecule has 8 heteroatoms. The van der Waals surface area contributed by atoms with E-state index in [-0.39, 0.29) is 16.5 Å². The van der Waals surface area contributed by atoms with E-state index in [1.165, 1.54) is 11.3 Å². The number of carbonyl (C=O) groups excluding carboxylic acids is 1. The van der Waals surface area contributed by atoms with Gasteiger partial charge in [0.15, 0.2) is 0 Å². The average molecular weight is 396 g/mol. The highest BCUT2D eigenvalue weighted by Gasteiger charge is 2.38. The first-order chi connectivity index (χ1) is 12.1. The zero-order valence-corrected chi connectivity index (χ0v) is 15.9. The normalized spacial score (nSPS) is 25.6. The van der Waals surface area contributed by atoms with Crippen molar-refractivity contribution < 1.29 is 9.00 Å². The van der Waals surface area contributed by atoms with E-state index < -0.39 is 10.8 Å². The van der Waals surface area contributed by atoms with Crippen LogP contribution in [0.15, 0.2) is 30.5 Å². The molecule has 2 aliphatic rings. The highest BCUT2D eigenvalue weighted by atomic mass is 35.5. The monoisotopic (exact) mass is 395 g/mol. The van der Waals surface area contributed by atoms with E-state index in [1.54, 1.807) is 11.1 Å². The number of halogens is 1. The van der Waals surface area contributed by atoms with Gasteiger partial charge >= 0.3 is 6.03 Å². The minimum Gasteiger partial charge on any atom is -0.323 e. The van der Waals surface area contributed by atoms with Crippen molar-refractivity contribution in [3.05, 3.63) is 34.8 Å². The maximum absolute atomic E-state index is 12.5. The Morgan fingerprint density at radius 2 is 2.08 bits per heavy atom. The zero-order chi connectivity index (χ0) is 17.4. The zero-order valence-electron chi connectivity index (χ0n) is 13.5. The Kier molecular flexibility index (Phi) is 4.80. The Hall–Kier alpha value is -1.44. The lowest BCUT2D eigenvalue weighted by atomic mass is 10.1. The van der Waals surface area contributed by atoms with Gasteiger partial charge in [-0.2, -0.15) is 0 Å². The minimum absolute atomic E-state index is 0.127. The molecular weight excluding hydrogens is 378 g/mol. The standard InChI is InChI=1S/C17H18ClN3O2S2/c18-16-6-5-15(24-16)14-4-1-11(9-19-14)20-17(22)21-8-7-12-2-3-13(10-21)25(12)23/h1,4-6,9,12-13H,2-3,7-8,10H2,(H,20,22). The van der Waals surface area contributed by atoms with Crippen molar-refractivity contribution in [3.63, 3.8) is 0 Å². The number of nitrogens with zero attached hydrogens (tertiary/aromatic N) is 2. The van der Waals surface area contributed by atoms with E-state index in [4.69, 9.17) is 11.6 Å². The molecule has 132 valence electrons. The van der Waals surface area contributed by atoms with Crippen molar-refractivity contribution in [1.29, 1.82) is 0 Å². The van der Waals surface area contributed by atoms with Gasteiger partial charge in [-0.3, -0.25) is 9.19 Å². The number of nitrogens with one attached hydrogen (secondary N) is 1. The third-order valence-corrected chi connectivity index (χ3v) is 8.16. The van der Waals surface area contributed by atoms with Gasteiger partial charge in [0.2, 0.25) is 0 Å². The van der Waals surface area contributed by atoms with Gasteiger partial charge in [-0.1, -0.05) is 11.6 Å². The molecule has 3 unspecified atom stereocenters. The third-order valence-electron chi connectivity index (χ3n) is 4.74. The highest BCUT2D eigenvalue weighted by Crippen LogP contribution is 2.31. The summed E-state index contributed by atoms with van der Waals surface area (Å²) < 4.78 is 13.0. The number of aromatic nitrogens is 1. The molecular formula is C17H18ClN3O2S2. The number of likely N-dealkylation sites (tertiary alicyclic amines) is 1. The second kappa shape index (κ2) is 7.05. The van der Waals surface area contributed by atoms with Crippen molar-refractivity contribution in [2.24, 2.45) is 0 Å². The summed E-state index contributed by atoms with van der Waals surface area (Å²) in [6, 6.07) is 7.35. The summed E-state index contributed by atoms with van der Waals surface area (Å²) in [7, 11) is -0.786. The number of amides is 2. The summed E-state index contributed by atoms with van der Waals surface area (Å²) in [5.74, 6) is 0. The summed E-state index contributed by atoms with van der Waals surface area (Å²) >= 11 is 7.42. The Morgan fingerprint density at radius 3 is 2.80 bits per heavy atom. The van der Waals surface area contributed by atoms with Crippen LogP contribution in [0.4, 0.5) is 10.5 Å².